The minimum absolute atomic E-state index is 0. The molecule has 10 heteroatoms. The molecule has 1 N–H and O–H groups in total. The van der Waals surface area contributed by atoms with Crippen molar-refractivity contribution in [3.05, 3.63) is 69.2 Å². The largest absolute Gasteiger partial charge is 0.490 e. The Bertz CT molecular complexity index is 1370. The van der Waals surface area contributed by atoms with Crippen molar-refractivity contribution in [3.63, 3.8) is 0 Å². The molecule has 8 nitrogen and oxygen atoms in total. The zero-order valence-electron chi connectivity index (χ0n) is 16.2. The number of nitrogens with zero attached hydrogens (tertiary/aromatic N) is 4. The van der Waals surface area contributed by atoms with Gasteiger partial charge < -0.3 is 14.6 Å². The number of anilines is 2. The van der Waals surface area contributed by atoms with E-state index >= 15 is 0 Å². The molecular formula is C22H19ClFN5O3. The summed E-state index contributed by atoms with van der Waals surface area (Å²) in [5.74, 6) is 0.0847. The SMILES string of the molecule is C.Cc1cc(F)c([N+](=O)[O-])cc1Nc1ncc(Cl)c(-c2cn3c4c(cccc24)OCC3)n1. The van der Waals surface area contributed by atoms with Crippen molar-refractivity contribution in [3.8, 4) is 17.0 Å². The van der Waals surface area contributed by atoms with Gasteiger partial charge in [-0.3, -0.25) is 10.1 Å². The molecular weight excluding hydrogens is 437 g/mol. The molecule has 0 fully saturated rings. The van der Waals surface area contributed by atoms with Crippen molar-refractivity contribution in [2.24, 2.45) is 0 Å². The van der Waals surface area contributed by atoms with E-state index in [0.29, 0.717) is 35.1 Å². The Labute approximate surface area is 187 Å². The second-order valence-electron chi connectivity index (χ2n) is 7.13. The van der Waals surface area contributed by atoms with Crippen LogP contribution >= 0.6 is 11.6 Å². The number of hydrogen-bond acceptors (Lipinski definition) is 6. The molecule has 0 amide bonds. The monoisotopic (exact) mass is 455 g/mol. The fourth-order valence-corrected chi connectivity index (χ4v) is 3.93. The molecule has 164 valence electrons. The molecule has 0 bridgehead atoms. The van der Waals surface area contributed by atoms with Gasteiger partial charge in [-0.25, -0.2) is 9.97 Å². The van der Waals surface area contributed by atoms with Gasteiger partial charge in [0.15, 0.2) is 0 Å². The van der Waals surface area contributed by atoms with Gasteiger partial charge in [-0.05, 0) is 24.6 Å². The first kappa shape index (κ1) is 21.5. The number of hydrogen-bond donors (Lipinski definition) is 1. The first-order valence-electron chi connectivity index (χ1n) is 9.41. The average Bonchev–Trinajstić information content (AvgIpc) is 3.12. The minimum atomic E-state index is -0.901. The summed E-state index contributed by atoms with van der Waals surface area (Å²) in [4.78, 5) is 19.0. The molecule has 0 atom stereocenters. The number of halogens is 2. The molecule has 0 saturated heterocycles. The highest BCUT2D eigenvalue weighted by Crippen LogP contribution is 2.39. The predicted molar refractivity (Wildman–Crippen MR) is 121 cm³/mol. The Balaban J connectivity index is 0.00000245. The number of ether oxygens (including phenoxy) is 1. The summed E-state index contributed by atoms with van der Waals surface area (Å²) in [5.41, 5.74) is 2.48. The fraction of sp³-hybridized carbons (Fsp3) is 0.182. The summed E-state index contributed by atoms with van der Waals surface area (Å²) in [6.45, 7) is 2.92. The maximum atomic E-state index is 13.8. The highest BCUT2D eigenvalue weighted by atomic mass is 35.5. The first-order chi connectivity index (χ1) is 14.9. The Morgan fingerprint density at radius 2 is 2.16 bits per heavy atom. The van der Waals surface area contributed by atoms with E-state index in [-0.39, 0.29) is 13.4 Å². The molecule has 32 heavy (non-hydrogen) atoms. The second-order valence-corrected chi connectivity index (χ2v) is 7.53. The number of nitro groups is 1. The van der Waals surface area contributed by atoms with Crippen molar-refractivity contribution in [1.82, 2.24) is 14.5 Å². The van der Waals surface area contributed by atoms with Crippen LogP contribution in [0.1, 0.15) is 13.0 Å². The van der Waals surface area contributed by atoms with Gasteiger partial charge in [0.2, 0.25) is 11.8 Å². The van der Waals surface area contributed by atoms with Gasteiger partial charge in [0, 0.05) is 23.2 Å². The number of aryl methyl sites for hydroxylation is 1. The van der Waals surface area contributed by atoms with Crippen LogP contribution in [0.2, 0.25) is 5.02 Å². The molecule has 2 aromatic carbocycles. The van der Waals surface area contributed by atoms with Crippen molar-refractivity contribution in [1.29, 1.82) is 0 Å². The number of para-hydroxylation sites is 1. The Morgan fingerprint density at radius 3 is 2.94 bits per heavy atom. The average molecular weight is 456 g/mol. The lowest BCUT2D eigenvalue weighted by atomic mass is 10.1. The van der Waals surface area contributed by atoms with E-state index in [4.69, 9.17) is 16.3 Å². The van der Waals surface area contributed by atoms with E-state index in [1.54, 1.807) is 6.92 Å². The molecule has 0 spiro atoms. The smallest absolute Gasteiger partial charge is 0.306 e. The first-order valence-corrected chi connectivity index (χ1v) is 9.79. The highest BCUT2D eigenvalue weighted by molar-refractivity contribution is 6.33. The van der Waals surface area contributed by atoms with Crippen LogP contribution in [0, 0.1) is 22.9 Å². The Hall–Kier alpha value is -3.72. The molecule has 4 aromatic rings. The molecule has 3 heterocycles. The van der Waals surface area contributed by atoms with Crippen LogP contribution in [0.5, 0.6) is 5.75 Å². The fourth-order valence-electron chi connectivity index (χ4n) is 3.73. The summed E-state index contributed by atoms with van der Waals surface area (Å²) in [5, 5.41) is 15.3. The summed E-state index contributed by atoms with van der Waals surface area (Å²) in [7, 11) is 0. The van der Waals surface area contributed by atoms with Crippen LogP contribution in [0.3, 0.4) is 0 Å². The molecule has 1 aliphatic heterocycles. The van der Waals surface area contributed by atoms with Crippen molar-refractivity contribution in [2.45, 2.75) is 20.9 Å². The van der Waals surface area contributed by atoms with Crippen molar-refractivity contribution >= 4 is 39.8 Å². The molecule has 2 aromatic heterocycles. The van der Waals surface area contributed by atoms with E-state index in [1.807, 2.05) is 24.4 Å². The third-order valence-electron chi connectivity index (χ3n) is 5.19. The van der Waals surface area contributed by atoms with E-state index in [2.05, 4.69) is 19.9 Å². The van der Waals surface area contributed by atoms with Gasteiger partial charge in [-0.1, -0.05) is 31.2 Å². The standard InChI is InChI=1S/C21H15ClFN5O3.CH4/c1-11-7-15(23)17(28(29)30)8-16(11)25-21-24-9-14(22)19(26-21)13-10-27-5-6-31-18-4-2-3-12(13)20(18)27;/h2-4,7-10H,5-6H2,1H3,(H,24,25,26);1H4. The normalized spacial score (nSPS) is 12.2. The topological polar surface area (TPSA) is 95.1 Å². The lowest BCUT2D eigenvalue weighted by molar-refractivity contribution is -0.387. The number of rotatable bonds is 4. The Morgan fingerprint density at radius 1 is 1.34 bits per heavy atom. The van der Waals surface area contributed by atoms with Crippen LogP contribution < -0.4 is 10.1 Å². The van der Waals surface area contributed by atoms with Gasteiger partial charge in [-0.2, -0.15) is 4.39 Å². The molecule has 0 aliphatic carbocycles. The van der Waals surface area contributed by atoms with Crippen LogP contribution in [0.15, 0.2) is 42.7 Å². The van der Waals surface area contributed by atoms with Gasteiger partial charge in [0.1, 0.15) is 12.4 Å². The lowest BCUT2D eigenvalue weighted by Crippen LogP contribution is -2.12. The van der Waals surface area contributed by atoms with Crippen LogP contribution in [0.25, 0.3) is 22.2 Å². The molecule has 1 aliphatic rings. The van der Waals surface area contributed by atoms with Gasteiger partial charge in [0.25, 0.3) is 0 Å². The summed E-state index contributed by atoms with van der Waals surface area (Å²) < 4.78 is 21.7. The van der Waals surface area contributed by atoms with E-state index in [1.165, 1.54) is 6.20 Å². The van der Waals surface area contributed by atoms with Crippen molar-refractivity contribution in [2.75, 3.05) is 11.9 Å². The second kappa shape index (κ2) is 8.08. The summed E-state index contributed by atoms with van der Waals surface area (Å²) in [6.07, 6.45) is 3.44. The third-order valence-corrected chi connectivity index (χ3v) is 5.46. The number of nitrogens with one attached hydrogen (secondary N) is 1. The van der Waals surface area contributed by atoms with Gasteiger partial charge >= 0.3 is 5.69 Å². The maximum Gasteiger partial charge on any atom is 0.306 e. The molecule has 0 radical (unpaired) electrons. The third kappa shape index (κ3) is 3.50. The zero-order valence-corrected chi connectivity index (χ0v) is 17.0. The number of nitro benzene ring substituents is 1. The molecule has 5 rings (SSSR count). The van der Waals surface area contributed by atoms with E-state index in [0.717, 1.165) is 34.3 Å². The van der Waals surface area contributed by atoms with Crippen LogP contribution in [-0.4, -0.2) is 26.1 Å². The minimum Gasteiger partial charge on any atom is -0.490 e. The summed E-state index contributed by atoms with van der Waals surface area (Å²) >= 11 is 6.43. The zero-order chi connectivity index (χ0) is 21.7. The lowest BCUT2D eigenvalue weighted by Gasteiger charge is -2.16. The summed E-state index contributed by atoms with van der Waals surface area (Å²) in [6, 6.07) is 8.02. The van der Waals surface area contributed by atoms with E-state index in [9.17, 15) is 14.5 Å². The Kier molecular flexibility index (Phi) is 5.43. The maximum absolute atomic E-state index is 13.8. The number of benzene rings is 2. The molecule has 0 unspecified atom stereocenters. The van der Waals surface area contributed by atoms with Crippen molar-refractivity contribution < 1.29 is 14.1 Å². The number of aromatic nitrogens is 3. The van der Waals surface area contributed by atoms with Gasteiger partial charge in [-0.15, -0.1) is 0 Å². The van der Waals surface area contributed by atoms with Crippen LogP contribution in [-0.2, 0) is 6.54 Å². The van der Waals surface area contributed by atoms with E-state index < -0.39 is 16.4 Å². The highest BCUT2D eigenvalue weighted by Gasteiger charge is 2.21. The van der Waals surface area contributed by atoms with Gasteiger partial charge in [0.05, 0.1) is 39.6 Å². The van der Waals surface area contributed by atoms with Crippen LogP contribution in [0.4, 0.5) is 21.7 Å². The molecule has 0 saturated carbocycles. The quantitative estimate of drug-likeness (QED) is 0.305. The predicted octanol–water partition coefficient (Wildman–Crippen LogP) is 5.88.